The molecule has 1 amide bonds. The van der Waals surface area contributed by atoms with Crippen LogP contribution in [0.4, 0.5) is 0 Å². The lowest BCUT2D eigenvalue weighted by Gasteiger charge is -2.02. The van der Waals surface area contributed by atoms with Crippen molar-refractivity contribution in [2.45, 2.75) is 0 Å². The van der Waals surface area contributed by atoms with Gasteiger partial charge in [-0.05, 0) is 6.07 Å². The summed E-state index contributed by atoms with van der Waals surface area (Å²) in [6.45, 7) is -0.470. The summed E-state index contributed by atoms with van der Waals surface area (Å²) < 4.78 is 4.81. The van der Waals surface area contributed by atoms with Gasteiger partial charge in [-0.25, -0.2) is 4.79 Å². The van der Waals surface area contributed by atoms with Gasteiger partial charge in [0, 0.05) is 12.3 Å². The molecule has 0 radical (unpaired) electrons. The number of carbonyl (C=O) groups excluding carboxylic acids is 1. The Bertz CT molecular complexity index is 364. The lowest BCUT2D eigenvalue weighted by atomic mass is 10.3. The number of carbonyl (C=O) groups is 2. The number of pyridine rings is 1. The summed E-state index contributed by atoms with van der Waals surface area (Å²) >= 11 is 0. The number of amides is 1. The minimum atomic E-state index is -1.09. The second-order valence-electron chi connectivity index (χ2n) is 2.42. The quantitative estimate of drug-likeness (QED) is 0.684. The first-order valence-electron chi connectivity index (χ1n) is 3.70. The Morgan fingerprint density at radius 2 is 2.29 bits per heavy atom. The zero-order chi connectivity index (χ0) is 10.6. The molecule has 1 aromatic rings. The smallest absolute Gasteiger partial charge is 0.341 e. The number of carboxylic acid groups (broad SMARTS) is 1. The minimum absolute atomic E-state index is 0.0351. The number of rotatable bonds is 4. The second kappa shape index (κ2) is 4.22. The molecule has 6 heteroatoms. The van der Waals surface area contributed by atoms with Crippen molar-refractivity contribution in [1.29, 1.82) is 0 Å². The predicted octanol–water partition coefficient (Wildman–Crippen LogP) is -0.356. The summed E-state index contributed by atoms with van der Waals surface area (Å²) in [4.78, 5) is 24.5. The van der Waals surface area contributed by atoms with Crippen molar-refractivity contribution in [3.05, 3.63) is 24.0 Å². The molecule has 0 bridgehead atoms. The Morgan fingerprint density at radius 3 is 2.86 bits per heavy atom. The molecule has 74 valence electrons. The molecule has 1 rings (SSSR count). The molecule has 3 N–H and O–H groups in total. The van der Waals surface area contributed by atoms with Crippen LogP contribution in [0.15, 0.2) is 18.3 Å². The van der Waals surface area contributed by atoms with E-state index in [1.54, 1.807) is 0 Å². The van der Waals surface area contributed by atoms with Crippen LogP contribution in [0.25, 0.3) is 0 Å². The van der Waals surface area contributed by atoms with Gasteiger partial charge in [0.05, 0.1) is 0 Å². The van der Waals surface area contributed by atoms with Crippen LogP contribution in [0.3, 0.4) is 0 Å². The number of ether oxygens (including phenoxy) is 1. The topological polar surface area (TPSA) is 103 Å². The fraction of sp³-hybridized carbons (Fsp3) is 0.125. The first-order valence-corrected chi connectivity index (χ1v) is 3.70. The maximum absolute atomic E-state index is 10.7. The van der Waals surface area contributed by atoms with Gasteiger partial charge in [0.2, 0.25) is 0 Å². The number of carboxylic acids is 1. The Labute approximate surface area is 79.3 Å². The van der Waals surface area contributed by atoms with Crippen LogP contribution >= 0.6 is 0 Å². The summed E-state index contributed by atoms with van der Waals surface area (Å²) in [6, 6.07) is 2.72. The molecule has 0 aliphatic rings. The lowest BCUT2D eigenvalue weighted by molar-refractivity contribution is -0.139. The van der Waals surface area contributed by atoms with Crippen LogP contribution in [0, 0.1) is 0 Å². The van der Waals surface area contributed by atoms with Gasteiger partial charge in [-0.2, -0.15) is 0 Å². The molecule has 0 unspecified atom stereocenters. The summed E-state index contributed by atoms with van der Waals surface area (Å²) in [5.74, 6) is -1.54. The third-order valence-corrected chi connectivity index (χ3v) is 1.35. The highest BCUT2D eigenvalue weighted by Gasteiger charge is 2.04. The molecule has 0 saturated carbocycles. The Balaban J connectivity index is 2.73. The van der Waals surface area contributed by atoms with E-state index >= 15 is 0 Å². The third-order valence-electron chi connectivity index (χ3n) is 1.35. The van der Waals surface area contributed by atoms with Crippen LogP contribution in [0.2, 0.25) is 0 Å². The molecule has 14 heavy (non-hydrogen) atoms. The van der Waals surface area contributed by atoms with Crippen LogP contribution in [-0.2, 0) is 4.79 Å². The van der Waals surface area contributed by atoms with E-state index in [2.05, 4.69) is 4.98 Å². The van der Waals surface area contributed by atoms with Crippen molar-refractivity contribution in [1.82, 2.24) is 4.98 Å². The van der Waals surface area contributed by atoms with Gasteiger partial charge in [0.25, 0.3) is 5.91 Å². The van der Waals surface area contributed by atoms with Crippen LogP contribution < -0.4 is 10.5 Å². The Kier molecular flexibility index (Phi) is 3.01. The zero-order valence-corrected chi connectivity index (χ0v) is 7.14. The highest BCUT2D eigenvalue weighted by atomic mass is 16.5. The van der Waals surface area contributed by atoms with Crippen molar-refractivity contribution < 1.29 is 19.4 Å². The fourth-order valence-electron chi connectivity index (χ4n) is 0.781. The largest absolute Gasteiger partial charge is 0.482 e. The maximum Gasteiger partial charge on any atom is 0.341 e. The van der Waals surface area contributed by atoms with Gasteiger partial charge < -0.3 is 15.6 Å². The van der Waals surface area contributed by atoms with Crippen LogP contribution in [-0.4, -0.2) is 28.6 Å². The summed E-state index contributed by atoms with van der Waals surface area (Å²) in [5, 5.41) is 8.32. The number of primary amides is 1. The number of aromatic nitrogens is 1. The average Bonchev–Trinajstić information content (AvgIpc) is 2.15. The van der Waals surface area contributed by atoms with Crippen molar-refractivity contribution in [3.63, 3.8) is 0 Å². The lowest BCUT2D eigenvalue weighted by Crippen LogP contribution is -2.14. The third kappa shape index (κ3) is 2.74. The first-order chi connectivity index (χ1) is 6.59. The van der Waals surface area contributed by atoms with Gasteiger partial charge >= 0.3 is 5.97 Å². The van der Waals surface area contributed by atoms with Crippen molar-refractivity contribution in [3.8, 4) is 5.75 Å². The highest BCUT2D eigenvalue weighted by Crippen LogP contribution is 2.10. The van der Waals surface area contributed by atoms with E-state index < -0.39 is 18.5 Å². The van der Waals surface area contributed by atoms with Gasteiger partial charge in [-0.3, -0.25) is 9.78 Å². The van der Waals surface area contributed by atoms with Gasteiger partial charge in [0.1, 0.15) is 11.4 Å². The number of aliphatic carboxylic acids is 1. The molecular weight excluding hydrogens is 188 g/mol. The summed E-state index contributed by atoms with van der Waals surface area (Å²) in [6.07, 6.45) is 1.32. The van der Waals surface area contributed by atoms with Crippen molar-refractivity contribution in [2.24, 2.45) is 5.73 Å². The minimum Gasteiger partial charge on any atom is -0.482 e. The zero-order valence-electron chi connectivity index (χ0n) is 7.14. The van der Waals surface area contributed by atoms with Gasteiger partial charge in [-0.15, -0.1) is 0 Å². The number of nitrogens with zero attached hydrogens (tertiary/aromatic N) is 1. The maximum atomic E-state index is 10.7. The SMILES string of the molecule is NC(=O)c1cc(OCC(=O)O)ccn1. The van der Waals surface area contributed by atoms with Gasteiger partial charge in [0.15, 0.2) is 6.61 Å². The second-order valence-corrected chi connectivity index (χ2v) is 2.42. The molecule has 6 nitrogen and oxygen atoms in total. The molecule has 0 aliphatic carbocycles. The summed E-state index contributed by atoms with van der Waals surface area (Å²) in [7, 11) is 0. The predicted molar refractivity (Wildman–Crippen MR) is 45.9 cm³/mol. The molecule has 0 aliphatic heterocycles. The van der Waals surface area contributed by atoms with Gasteiger partial charge in [-0.1, -0.05) is 0 Å². The Hall–Kier alpha value is -2.11. The molecule has 1 heterocycles. The molecule has 0 atom stereocenters. The molecule has 1 aromatic heterocycles. The number of nitrogens with two attached hydrogens (primary N) is 1. The van der Waals surface area contributed by atoms with E-state index in [4.69, 9.17) is 15.6 Å². The highest BCUT2D eigenvalue weighted by molar-refractivity contribution is 5.91. The van der Waals surface area contributed by atoms with Crippen molar-refractivity contribution >= 4 is 11.9 Å². The normalized spacial score (nSPS) is 9.43. The monoisotopic (exact) mass is 196 g/mol. The summed E-state index contributed by atoms with van der Waals surface area (Å²) in [5.41, 5.74) is 5.00. The molecular formula is C8H8N2O4. The van der Waals surface area contributed by atoms with E-state index in [9.17, 15) is 9.59 Å². The molecule has 0 aromatic carbocycles. The van der Waals surface area contributed by atoms with E-state index in [-0.39, 0.29) is 11.4 Å². The Morgan fingerprint density at radius 1 is 1.57 bits per heavy atom. The van der Waals surface area contributed by atoms with E-state index in [1.165, 1.54) is 18.3 Å². The first kappa shape index (κ1) is 9.97. The van der Waals surface area contributed by atoms with Crippen LogP contribution in [0.1, 0.15) is 10.5 Å². The van der Waals surface area contributed by atoms with Crippen molar-refractivity contribution in [2.75, 3.05) is 6.61 Å². The molecule has 0 spiro atoms. The average molecular weight is 196 g/mol. The van der Waals surface area contributed by atoms with E-state index in [0.29, 0.717) is 0 Å². The number of hydrogen-bond acceptors (Lipinski definition) is 4. The fourth-order valence-corrected chi connectivity index (χ4v) is 0.781. The molecule has 0 fully saturated rings. The standard InChI is InChI=1S/C8H8N2O4/c9-8(13)6-3-5(1-2-10-6)14-4-7(11)12/h1-3H,4H2,(H2,9,13)(H,11,12). The van der Waals surface area contributed by atoms with E-state index in [0.717, 1.165) is 0 Å². The molecule has 0 saturated heterocycles. The number of hydrogen-bond donors (Lipinski definition) is 2. The van der Waals surface area contributed by atoms with Crippen LogP contribution in [0.5, 0.6) is 5.75 Å². The van der Waals surface area contributed by atoms with E-state index in [1.807, 2.05) is 0 Å².